The Labute approximate surface area is 123 Å². The standard InChI is InChI=1S/C5H10N2O2.2C4H6O2/c8-4-3-7-2-1-6-5(7)9;2*1-3(2)4(5)6/h8H,1-4H2,(H,6,9);2*1H2,2H3,(H,5,6). The van der Waals surface area contributed by atoms with Crippen LogP contribution in [0.15, 0.2) is 24.3 Å². The topological polar surface area (TPSA) is 127 Å². The summed E-state index contributed by atoms with van der Waals surface area (Å²) in [5, 5.41) is 26.8. The van der Waals surface area contributed by atoms with Crippen LogP contribution in [0.1, 0.15) is 13.8 Å². The molecule has 1 fully saturated rings. The van der Waals surface area contributed by atoms with Gasteiger partial charge in [0.25, 0.3) is 0 Å². The summed E-state index contributed by atoms with van der Waals surface area (Å²) in [5.74, 6) is -1.87. The summed E-state index contributed by atoms with van der Waals surface area (Å²) < 4.78 is 0. The maximum Gasteiger partial charge on any atom is 0.330 e. The zero-order chi connectivity index (χ0) is 17.0. The van der Waals surface area contributed by atoms with Gasteiger partial charge in [-0.1, -0.05) is 13.2 Å². The van der Waals surface area contributed by atoms with E-state index in [9.17, 15) is 14.4 Å². The first-order valence-corrected chi connectivity index (χ1v) is 6.04. The number of carboxylic acid groups (broad SMARTS) is 2. The largest absolute Gasteiger partial charge is 0.478 e. The lowest BCUT2D eigenvalue weighted by Crippen LogP contribution is -2.30. The summed E-state index contributed by atoms with van der Waals surface area (Å²) in [6.45, 7) is 11.1. The molecule has 0 atom stereocenters. The fourth-order valence-electron chi connectivity index (χ4n) is 0.845. The minimum absolute atomic E-state index is 0.0490. The molecule has 21 heavy (non-hydrogen) atoms. The van der Waals surface area contributed by atoms with Crippen LogP contribution in [0, 0.1) is 0 Å². The van der Waals surface area contributed by atoms with Gasteiger partial charge in [0.15, 0.2) is 0 Å². The molecule has 8 heteroatoms. The second-order valence-electron chi connectivity index (χ2n) is 4.11. The first-order chi connectivity index (χ1) is 9.63. The number of β-amino-alcohol motifs (C(OH)–C–C–N with tert-alkyl or cyclic N) is 1. The molecule has 0 radical (unpaired) electrons. The van der Waals surface area contributed by atoms with Gasteiger partial charge < -0.3 is 25.5 Å². The van der Waals surface area contributed by atoms with Crippen molar-refractivity contribution in [2.75, 3.05) is 26.2 Å². The van der Waals surface area contributed by atoms with Gasteiger partial charge in [0.05, 0.1) is 6.61 Å². The Morgan fingerprint density at radius 3 is 1.76 bits per heavy atom. The van der Waals surface area contributed by atoms with Gasteiger partial charge in [0, 0.05) is 30.8 Å². The summed E-state index contributed by atoms with van der Waals surface area (Å²) in [4.78, 5) is 31.5. The lowest BCUT2D eigenvalue weighted by atomic mass is 10.4. The minimum Gasteiger partial charge on any atom is -0.478 e. The Morgan fingerprint density at radius 2 is 1.57 bits per heavy atom. The van der Waals surface area contributed by atoms with Gasteiger partial charge in [0.1, 0.15) is 0 Å². The number of hydrogen-bond donors (Lipinski definition) is 4. The molecular weight excluding hydrogens is 280 g/mol. The van der Waals surface area contributed by atoms with Crippen LogP contribution in [0.4, 0.5) is 4.79 Å². The smallest absolute Gasteiger partial charge is 0.330 e. The number of aliphatic hydroxyl groups excluding tert-OH is 1. The Morgan fingerprint density at radius 1 is 1.19 bits per heavy atom. The van der Waals surface area contributed by atoms with Crippen molar-refractivity contribution in [3.8, 4) is 0 Å². The van der Waals surface area contributed by atoms with E-state index >= 15 is 0 Å². The first-order valence-electron chi connectivity index (χ1n) is 6.04. The highest BCUT2D eigenvalue weighted by Gasteiger charge is 2.17. The van der Waals surface area contributed by atoms with E-state index in [4.69, 9.17) is 15.3 Å². The second kappa shape index (κ2) is 11.5. The normalized spacial score (nSPS) is 12.1. The lowest BCUT2D eigenvalue weighted by Gasteiger charge is -2.10. The quantitative estimate of drug-likeness (QED) is 0.553. The van der Waals surface area contributed by atoms with Crippen LogP contribution in [0.2, 0.25) is 0 Å². The number of nitrogens with one attached hydrogen (secondary N) is 1. The van der Waals surface area contributed by atoms with Gasteiger partial charge in [-0.15, -0.1) is 0 Å². The van der Waals surface area contributed by atoms with Crippen molar-refractivity contribution in [2.45, 2.75) is 13.8 Å². The zero-order valence-electron chi connectivity index (χ0n) is 12.3. The van der Waals surface area contributed by atoms with E-state index in [0.29, 0.717) is 13.1 Å². The van der Waals surface area contributed by atoms with Gasteiger partial charge in [-0.2, -0.15) is 0 Å². The molecule has 0 bridgehead atoms. The molecule has 0 spiro atoms. The third-order valence-electron chi connectivity index (χ3n) is 2.05. The maximum atomic E-state index is 10.7. The molecule has 0 unspecified atom stereocenters. The van der Waals surface area contributed by atoms with E-state index in [1.54, 1.807) is 4.90 Å². The van der Waals surface area contributed by atoms with Crippen LogP contribution in [-0.4, -0.2) is 64.4 Å². The predicted octanol–water partition coefficient (Wildman–Crippen LogP) is 0.298. The van der Waals surface area contributed by atoms with Gasteiger partial charge in [-0.05, 0) is 13.8 Å². The molecule has 0 aromatic heterocycles. The number of carbonyl (C=O) groups is 3. The van der Waals surface area contributed by atoms with E-state index in [0.717, 1.165) is 6.54 Å². The number of hydrogen-bond acceptors (Lipinski definition) is 4. The molecule has 1 aliphatic heterocycles. The van der Waals surface area contributed by atoms with Crippen molar-refractivity contribution in [1.29, 1.82) is 0 Å². The Bertz CT molecular complexity index is 357. The predicted molar refractivity (Wildman–Crippen MR) is 77.0 cm³/mol. The number of aliphatic hydroxyl groups is 1. The minimum atomic E-state index is -0.935. The maximum absolute atomic E-state index is 10.7. The van der Waals surface area contributed by atoms with Crippen LogP contribution >= 0.6 is 0 Å². The highest BCUT2D eigenvalue weighted by molar-refractivity contribution is 5.85. The molecule has 4 N–H and O–H groups in total. The number of carboxylic acids is 2. The Hall–Kier alpha value is -2.35. The van der Waals surface area contributed by atoms with E-state index in [-0.39, 0.29) is 23.8 Å². The second-order valence-corrected chi connectivity index (χ2v) is 4.11. The monoisotopic (exact) mass is 302 g/mol. The fraction of sp³-hybridized carbons (Fsp3) is 0.462. The number of nitrogens with zero attached hydrogens (tertiary/aromatic N) is 1. The molecule has 1 saturated heterocycles. The van der Waals surface area contributed by atoms with Crippen LogP contribution in [0.3, 0.4) is 0 Å². The molecule has 1 rings (SSSR count). The number of amides is 2. The molecule has 1 aliphatic rings. The molecule has 120 valence electrons. The van der Waals surface area contributed by atoms with Crippen molar-refractivity contribution in [2.24, 2.45) is 0 Å². The molecule has 0 aromatic rings. The molecule has 1 heterocycles. The van der Waals surface area contributed by atoms with Crippen LogP contribution in [0.5, 0.6) is 0 Å². The van der Waals surface area contributed by atoms with E-state index < -0.39 is 11.9 Å². The summed E-state index contributed by atoms with van der Waals surface area (Å²) >= 11 is 0. The molecule has 0 saturated carbocycles. The molecule has 0 aliphatic carbocycles. The summed E-state index contributed by atoms with van der Waals surface area (Å²) in [7, 11) is 0. The first kappa shape index (κ1) is 21.0. The van der Waals surface area contributed by atoms with Gasteiger partial charge >= 0.3 is 18.0 Å². The fourth-order valence-corrected chi connectivity index (χ4v) is 0.845. The van der Waals surface area contributed by atoms with E-state index in [1.807, 2.05) is 0 Å². The Kier molecular flexibility index (Phi) is 11.5. The van der Waals surface area contributed by atoms with E-state index in [1.165, 1.54) is 13.8 Å². The van der Waals surface area contributed by atoms with Gasteiger partial charge in [-0.3, -0.25) is 0 Å². The zero-order valence-corrected chi connectivity index (χ0v) is 12.3. The van der Waals surface area contributed by atoms with Gasteiger partial charge in [0.2, 0.25) is 0 Å². The number of aliphatic carboxylic acids is 2. The molecular formula is C13H22N2O6. The lowest BCUT2D eigenvalue weighted by molar-refractivity contribution is -0.133. The SMILES string of the molecule is C=C(C)C(=O)O.C=C(C)C(=O)O.O=C1NCCN1CCO. The number of urea groups is 1. The Balaban J connectivity index is 0. The van der Waals surface area contributed by atoms with Gasteiger partial charge in [-0.25, -0.2) is 14.4 Å². The third kappa shape index (κ3) is 12.4. The number of rotatable bonds is 4. The van der Waals surface area contributed by atoms with Crippen molar-refractivity contribution in [1.82, 2.24) is 10.2 Å². The summed E-state index contributed by atoms with van der Waals surface area (Å²) in [5.41, 5.74) is 0.352. The van der Waals surface area contributed by atoms with Crippen molar-refractivity contribution in [3.05, 3.63) is 24.3 Å². The summed E-state index contributed by atoms with van der Waals surface area (Å²) in [6, 6.07) is -0.0657. The average molecular weight is 302 g/mol. The molecule has 2 amide bonds. The summed E-state index contributed by atoms with van der Waals surface area (Å²) in [6.07, 6.45) is 0. The van der Waals surface area contributed by atoms with Crippen LogP contribution in [-0.2, 0) is 9.59 Å². The van der Waals surface area contributed by atoms with Crippen LogP contribution in [0.25, 0.3) is 0 Å². The molecule has 0 aromatic carbocycles. The van der Waals surface area contributed by atoms with Crippen LogP contribution < -0.4 is 5.32 Å². The van der Waals surface area contributed by atoms with Crippen molar-refractivity contribution >= 4 is 18.0 Å². The number of carbonyl (C=O) groups excluding carboxylic acids is 1. The average Bonchev–Trinajstić information content (AvgIpc) is 2.77. The third-order valence-corrected chi connectivity index (χ3v) is 2.05. The van der Waals surface area contributed by atoms with Crippen molar-refractivity contribution < 1.29 is 29.7 Å². The van der Waals surface area contributed by atoms with E-state index in [2.05, 4.69) is 18.5 Å². The highest BCUT2D eigenvalue weighted by atomic mass is 16.4. The van der Waals surface area contributed by atoms with Crippen molar-refractivity contribution in [3.63, 3.8) is 0 Å². The molecule has 8 nitrogen and oxygen atoms in total. The highest BCUT2D eigenvalue weighted by Crippen LogP contribution is 1.93.